The van der Waals surface area contributed by atoms with Crippen LogP contribution in [0.4, 0.5) is 5.69 Å². The van der Waals surface area contributed by atoms with Gasteiger partial charge in [-0.3, -0.25) is 10.1 Å². The highest BCUT2D eigenvalue weighted by Crippen LogP contribution is 2.30. The molecule has 4 nitrogen and oxygen atoms in total. The lowest BCUT2D eigenvalue weighted by molar-refractivity contribution is -0.384. The molecule has 0 aliphatic carbocycles. The number of hydrogen-bond acceptors (Lipinski definition) is 3. The standard InChI is InChI=1S/C13H10NO3/c1-17-11-6-4-5-10(9-11)12-7-2-3-8-13(12)14(15)16/h2-6,8-9H,1H3. The Kier molecular flexibility index (Phi) is 3.05. The molecule has 0 saturated carbocycles. The minimum absolute atomic E-state index is 0.0424. The highest BCUT2D eigenvalue weighted by molar-refractivity contribution is 5.73. The number of ether oxygens (including phenoxy) is 1. The molecule has 0 unspecified atom stereocenters. The van der Waals surface area contributed by atoms with Crippen LogP contribution in [0.2, 0.25) is 0 Å². The molecule has 0 atom stereocenters. The van der Waals surface area contributed by atoms with E-state index in [2.05, 4.69) is 6.07 Å². The summed E-state index contributed by atoms with van der Waals surface area (Å²) in [6.07, 6.45) is 0. The minimum atomic E-state index is -0.411. The zero-order valence-electron chi connectivity index (χ0n) is 9.21. The molecule has 0 N–H and O–H groups in total. The predicted molar refractivity (Wildman–Crippen MR) is 63.9 cm³/mol. The van der Waals surface area contributed by atoms with Crippen molar-refractivity contribution in [3.8, 4) is 16.9 Å². The second kappa shape index (κ2) is 4.65. The maximum Gasteiger partial charge on any atom is 0.277 e. The van der Waals surface area contributed by atoms with Gasteiger partial charge in [0.15, 0.2) is 0 Å². The molecule has 4 heteroatoms. The first-order chi connectivity index (χ1) is 8.22. The molecular weight excluding hydrogens is 218 g/mol. The Morgan fingerprint density at radius 1 is 1.29 bits per heavy atom. The number of nitro benzene ring substituents is 1. The van der Waals surface area contributed by atoms with Crippen LogP contribution in [0.15, 0.2) is 42.5 Å². The van der Waals surface area contributed by atoms with Gasteiger partial charge in [0.1, 0.15) is 5.75 Å². The van der Waals surface area contributed by atoms with E-state index >= 15 is 0 Å². The van der Waals surface area contributed by atoms with Crippen molar-refractivity contribution in [1.29, 1.82) is 0 Å². The maximum atomic E-state index is 10.9. The quantitative estimate of drug-likeness (QED) is 0.599. The summed E-state index contributed by atoms with van der Waals surface area (Å²) in [5, 5.41) is 10.9. The Morgan fingerprint density at radius 3 is 2.82 bits per heavy atom. The summed E-state index contributed by atoms with van der Waals surface area (Å²) < 4.78 is 5.09. The zero-order chi connectivity index (χ0) is 12.3. The van der Waals surface area contributed by atoms with Crippen LogP contribution in [-0.2, 0) is 0 Å². The highest BCUT2D eigenvalue weighted by atomic mass is 16.6. The lowest BCUT2D eigenvalue weighted by Gasteiger charge is -2.04. The van der Waals surface area contributed by atoms with Crippen LogP contribution in [0.5, 0.6) is 5.75 Å². The number of nitrogens with zero attached hydrogens (tertiary/aromatic N) is 1. The van der Waals surface area contributed by atoms with Crippen LogP contribution in [0, 0.1) is 16.2 Å². The zero-order valence-corrected chi connectivity index (χ0v) is 9.21. The molecule has 0 aliphatic rings. The first-order valence-corrected chi connectivity index (χ1v) is 5.02. The molecule has 0 heterocycles. The first-order valence-electron chi connectivity index (χ1n) is 5.02. The molecule has 2 aromatic rings. The third kappa shape index (κ3) is 2.25. The number of hydrogen-bond donors (Lipinski definition) is 0. The number of rotatable bonds is 3. The Hall–Kier alpha value is -2.36. The lowest BCUT2D eigenvalue weighted by atomic mass is 10.0. The largest absolute Gasteiger partial charge is 0.497 e. The van der Waals surface area contributed by atoms with E-state index in [0.29, 0.717) is 11.3 Å². The summed E-state index contributed by atoms with van der Waals surface area (Å²) in [5.74, 6) is 0.661. The van der Waals surface area contributed by atoms with Gasteiger partial charge in [0.2, 0.25) is 0 Å². The van der Waals surface area contributed by atoms with Gasteiger partial charge in [0.25, 0.3) is 5.69 Å². The van der Waals surface area contributed by atoms with Crippen molar-refractivity contribution in [3.05, 3.63) is 58.6 Å². The van der Waals surface area contributed by atoms with E-state index in [1.165, 1.54) is 6.07 Å². The number of benzene rings is 2. The highest BCUT2D eigenvalue weighted by Gasteiger charge is 2.14. The Bertz CT molecular complexity index is 552. The van der Waals surface area contributed by atoms with E-state index in [-0.39, 0.29) is 5.69 Å². The van der Waals surface area contributed by atoms with Crippen molar-refractivity contribution in [2.75, 3.05) is 7.11 Å². The van der Waals surface area contributed by atoms with Gasteiger partial charge in [0, 0.05) is 6.07 Å². The van der Waals surface area contributed by atoms with Crippen LogP contribution >= 0.6 is 0 Å². The lowest BCUT2D eigenvalue weighted by Crippen LogP contribution is -1.92. The molecule has 17 heavy (non-hydrogen) atoms. The van der Waals surface area contributed by atoms with Crippen LogP contribution in [-0.4, -0.2) is 12.0 Å². The molecule has 0 amide bonds. The monoisotopic (exact) mass is 228 g/mol. The summed E-state index contributed by atoms with van der Waals surface area (Å²) in [4.78, 5) is 10.5. The van der Waals surface area contributed by atoms with Crippen molar-refractivity contribution < 1.29 is 9.66 Å². The number of methoxy groups -OCH3 is 1. The van der Waals surface area contributed by atoms with Gasteiger partial charge < -0.3 is 4.74 Å². The third-order valence-corrected chi connectivity index (χ3v) is 2.39. The van der Waals surface area contributed by atoms with Gasteiger partial charge in [-0.2, -0.15) is 0 Å². The van der Waals surface area contributed by atoms with E-state index in [9.17, 15) is 10.1 Å². The molecule has 0 spiro atoms. The second-order valence-corrected chi connectivity index (χ2v) is 3.42. The minimum Gasteiger partial charge on any atom is -0.497 e. The summed E-state index contributed by atoms with van der Waals surface area (Å²) >= 11 is 0. The van der Waals surface area contributed by atoms with Crippen molar-refractivity contribution in [2.24, 2.45) is 0 Å². The smallest absolute Gasteiger partial charge is 0.277 e. The average molecular weight is 228 g/mol. The van der Waals surface area contributed by atoms with Gasteiger partial charge in [-0.15, -0.1) is 0 Å². The van der Waals surface area contributed by atoms with Crippen molar-refractivity contribution >= 4 is 5.69 Å². The average Bonchev–Trinajstić information content (AvgIpc) is 2.39. The predicted octanol–water partition coefficient (Wildman–Crippen LogP) is 3.07. The Morgan fingerprint density at radius 2 is 2.12 bits per heavy atom. The van der Waals surface area contributed by atoms with Crippen LogP contribution in [0.1, 0.15) is 0 Å². The van der Waals surface area contributed by atoms with Crippen molar-refractivity contribution in [2.45, 2.75) is 0 Å². The molecule has 0 fully saturated rings. The SMILES string of the molecule is COc1cccc(-c2[c]cccc2[N+](=O)[O-])c1. The Balaban J connectivity index is 2.56. The van der Waals surface area contributed by atoms with E-state index in [0.717, 1.165) is 5.56 Å². The molecule has 85 valence electrons. The van der Waals surface area contributed by atoms with Gasteiger partial charge in [0.05, 0.1) is 17.6 Å². The molecule has 0 saturated heterocycles. The molecule has 0 aromatic heterocycles. The van der Waals surface area contributed by atoms with Crippen molar-refractivity contribution in [1.82, 2.24) is 0 Å². The summed E-state index contributed by atoms with van der Waals surface area (Å²) in [5.41, 5.74) is 1.23. The molecule has 0 bridgehead atoms. The maximum absolute atomic E-state index is 10.9. The molecule has 1 radical (unpaired) electrons. The molecule has 2 rings (SSSR count). The van der Waals surface area contributed by atoms with Crippen LogP contribution in [0.25, 0.3) is 11.1 Å². The molecule has 0 aliphatic heterocycles. The van der Waals surface area contributed by atoms with Gasteiger partial charge >= 0.3 is 0 Å². The van der Waals surface area contributed by atoms with Gasteiger partial charge in [-0.25, -0.2) is 0 Å². The van der Waals surface area contributed by atoms with Crippen LogP contribution in [0.3, 0.4) is 0 Å². The Labute approximate surface area is 98.6 Å². The third-order valence-electron chi connectivity index (χ3n) is 2.39. The summed E-state index contributed by atoms with van der Waals surface area (Å²) in [7, 11) is 1.56. The van der Waals surface area contributed by atoms with E-state index in [4.69, 9.17) is 4.74 Å². The number of nitro groups is 1. The molecule has 2 aromatic carbocycles. The fourth-order valence-electron chi connectivity index (χ4n) is 1.59. The fourth-order valence-corrected chi connectivity index (χ4v) is 1.59. The van der Waals surface area contributed by atoms with Crippen molar-refractivity contribution in [3.63, 3.8) is 0 Å². The topological polar surface area (TPSA) is 52.4 Å². The molecular formula is C13H10NO3. The van der Waals surface area contributed by atoms with Crippen LogP contribution < -0.4 is 4.74 Å². The van der Waals surface area contributed by atoms with E-state index in [1.54, 1.807) is 43.5 Å². The van der Waals surface area contributed by atoms with E-state index in [1.807, 2.05) is 0 Å². The first kappa shape index (κ1) is 11.1. The van der Waals surface area contributed by atoms with Gasteiger partial charge in [-0.1, -0.05) is 24.3 Å². The summed E-state index contributed by atoms with van der Waals surface area (Å²) in [6, 6.07) is 14.7. The fraction of sp³-hybridized carbons (Fsp3) is 0.0769. The summed E-state index contributed by atoms with van der Waals surface area (Å²) in [6.45, 7) is 0. The normalized spacial score (nSPS) is 9.94. The van der Waals surface area contributed by atoms with Gasteiger partial charge in [-0.05, 0) is 23.8 Å². The van der Waals surface area contributed by atoms with E-state index < -0.39 is 4.92 Å². The second-order valence-electron chi connectivity index (χ2n) is 3.42.